The van der Waals surface area contributed by atoms with Gasteiger partial charge in [0, 0.05) is 19.3 Å². The number of hydrogen-bond donors (Lipinski definition) is 0. The molecule has 0 aliphatic heterocycles. The quantitative estimate of drug-likeness (QED) is 0.0262. The minimum Gasteiger partial charge on any atom is -0.462 e. The number of allylic oxidation sites excluding steroid dienone is 8. The summed E-state index contributed by atoms with van der Waals surface area (Å²) in [6, 6.07) is 0. The third-order valence-electron chi connectivity index (χ3n) is 12.3. The first kappa shape index (κ1) is 62.4. The molecule has 0 amide bonds. The molecule has 6 nitrogen and oxygen atoms in total. The highest BCUT2D eigenvalue weighted by molar-refractivity contribution is 5.71. The van der Waals surface area contributed by atoms with Crippen LogP contribution in [0.3, 0.4) is 0 Å². The Bertz CT molecular complexity index is 1140. The average Bonchev–Trinajstić information content (AvgIpc) is 3.30. The van der Waals surface area contributed by atoms with Gasteiger partial charge in [-0.2, -0.15) is 0 Å². The molecule has 0 aliphatic carbocycles. The van der Waals surface area contributed by atoms with E-state index >= 15 is 0 Å². The van der Waals surface area contributed by atoms with Crippen LogP contribution in [0.15, 0.2) is 48.6 Å². The minimum atomic E-state index is -0.781. The van der Waals surface area contributed by atoms with E-state index in [0.29, 0.717) is 19.3 Å². The first-order valence-electron chi connectivity index (χ1n) is 28.1. The zero-order chi connectivity index (χ0) is 47.2. The predicted octanol–water partition coefficient (Wildman–Crippen LogP) is 18.7. The van der Waals surface area contributed by atoms with E-state index in [2.05, 4.69) is 69.4 Å². The fraction of sp³-hybridized carbons (Fsp3) is 0.814. The van der Waals surface area contributed by atoms with Crippen molar-refractivity contribution in [2.75, 3.05) is 13.2 Å². The molecule has 0 bridgehead atoms. The summed E-state index contributed by atoms with van der Waals surface area (Å²) in [5.74, 6) is -0.889. The summed E-state index contributed by atoms with van der Waals surface area (Å²) in [5.41, 5.74) is 0. The van der Waals surface area contributed by atoms with Crippen molar-refractivity contribution in [3.05, 3.63) is 48.6 Å². The van der Waals surface area contributed by atoms with Gasteiger partial charge in [0.15, 0.2) is 6.10 Å². The van der Waals surface area contributed by atoms with Crippen LogP contribution >= 0.6 is 0 Å². The summed E-state index contributed by atoms with van der Waals surface area (Å²) in [5, 5.41) is 0. The molecule has 6 heteroatoms. The molecule has 1 atom stereocenters. The molecule has 0 aromatic rings. The molecule has 0 heterocycles. The van der Waals surface area contributed by atoms with Gasteiger partial charge in [-0.15, -0.1) is 0 Å². The fourth-order valence-electron chi connectivity index (χ4n) is 8.06. The zero-order valence-corrected chi connectivity index (χ0v) is 43.3. The van der Waals surface area contributed by atoms with E-state index in [1.54, 1.807) is 0 Å². The summed E-state index contributed by atoms with van der Waals surface area (Å²) in [7, 11) is 0. The Morgan fingerprint density at radius 3 is 0.938 bits per heavy atom. The van der Waals surface area contributed by atoms with E-state index in [0.717, 1.165) is 89.9 Å². The second-order valence-corrected chi connectivity index (χ2v) is 18.8. The van der Waals surface area contributed by atoms with Crippen molar-refractivity contribution >= 4 is 17.9 Å². The zero-order valence-electron chi connectivity index (χ0n) is 43.3. The van der Waals surface area contributed by atoms with Crippen LogP contribution in [0, 0.1) is 0 Å². The number of unbranched alkanes of at least 4 members (excludes halogenated alkanes) is 32. The molecule has 0 saturated carbocycles. The summed E-state index contributed by atoms with van der Waals surface area (Å²) >= 11 is 0. The highest BCUT2D eigenvalue weighted by Crippen LogP contribution is 2.15. The fourth-order valence-corrected chi connectivity index (χ4v) is 8.06. The molecule has 0 aliphatic rings. The Morgan fingerprint density at radius 2 is 0.600 bits per heavy atom. The molecule has 0 N–H and O–H groups in total. The van der Waals surface area contributed by atoms with Crippen molar-refractivity contribution in [2.24, 2.45) is 0 Å². The summed E-state index contributed by atoms with van der Waals surface area (Å²) in [6.45, 7) is 6.54. The smallest absolute Gasteiger partial charge is 0.306 e. The van der Waals surface area contributed by atoms with Crippen molar-refractivity contribution < 1.29 is 28.6 Å². The molecular formula is C59H106O6. The summed E-state index contributed by atoms with van der Waals surface area (Å²) < 4.78 is 16.8. The maximum absolute atomic E-state index is 12.8. The third-order valence-corrected chi connectivity index (χ3v) is 12.3. The van der Waals surface area contributed by atoms with Crippen LogP contribution in [0.5, 0.6) is 0 Å². The van der Waals surface area contributed by atoms with Gasteiger partial charge in [0.2, 0.25) is 0 Å². The molecule has 378 valence electrons. The number of hydrogen-bond acceptors (Lipinski definition) is 6. The first-order valence-corrected chi connectivity index (χ1v) is 28.1. The maximum Gasteiger partial charge on any atom is 0.306 e. The number of rotatable bonds is 51. The average molecular weight is 911 g/mol. The molecule has 0 rings (SSSR count). The van der Waals surface area contributed by atoms with Crippen molar-refractivity contribution in [2.45, 2.75) is 297 Å². The first-order chi connectivity index (χ1) is 32.0. The van der Waals surface area contributed by atoms with E-state index in [9.17, 15) is 14.4 Å². The van der Waals surface area contributed by atoms with Crippen molar-refractivity contribution in [1.82, 2.24) is 0 Å². The Kier molecular flexibility index (Phi) is 51.8. The molecule has 0 spiro atoms. The van der Waals surface area contributed by atoms with Crippen LogP contribution in [0.4, 0.5) is 0 Å². The van der Waals surface area contributed by atoms with E-state index < -0.39 is 6.10 Å². The van der Waals surface area contributed by atoms with Crippen molar-refractivity contribution in [1.29, 1.82) is 0 Å². The van der Waals surface area contributed by atoms with Gasteiger partial charge in [0.1, 0.15) is 13.2 Å². The van der Waals surface area contributed by atoms with Gasteiger partial charge < -0.3 is 14.2 Å². The summed E-state index contributed by atoms with van der Waals surface area (Å²) in [6.07, 6.45) is 65.2. The van der Waals surface area contributed by atoms with Gasteiger partial charge in [-0.3, -0.25) is 14.4 Å². The Balaban J connectivity index is 4.38. The lowest BCUT2D eigenvalue weighted by molar-refractivity contribution is -0.167. The van der Waals surface area contributed by atoms with Crippen molar-refractivity contribution in [3.8, 4) is 0 Å². The van der Waals surface area contributed by atoms with Crippen LogP contribution in [0.25, 0.3) is 0 Å². The van der Waals surface area contributed by atoms with E-state index in [1.165, 1.54) is 161 Å². The lowest BCUT2D eigenvalue weighted by Gasteiger charge is -2.18. The summed E-state index contributed by atoms with van der Waals surface area (Å²) in [4.78, 5) is 38.1. The predicted molar refractivity (Wildman–Crippen MR) is 279 cm³/mol. The second kappa shape index (κ2) is 54.0. The van der Waals surface area contributed by atoms with E-state index in [1.807, 2.05) is 0 Å². The highest BCUT2D eigenvalue weighted by atomic mass is 16.6. The van der Waals surface area contributed by atoms with Crippen molar-refractivity contribution in [3.63, 3.8) is 0 Å². The molecule has 65 heavy (non-hydrogen) atoms. The Labute approximate surface area is 403 Å². The van der Waals surface area contributed by atoms with Gasteiger partial charge in [-0.25, -0.2) is 0 Å². The van der Waals surface area contributed by atoms with E-state index in [-0.39, 0.29) is 31.1 Å². The Hall–Kier alpha value is -2.63. The molecule has 0 saturated heterocycles. The van der Waals surface area contributed by atoms with Gasteiger partial charge in [-0.05, 0) is 96.3 Å². The number of carbonyl (C=O) groups is 3. The Morgan fingerprint density at radius 1 is 0.323 bits per heavy atom. The molecule has 0 fully saturated rings. The van der Waals surface area contributed by atoms with Crippen LogP contribution in [0.2, 0.25) is 0 Å². The van der Waals surface area contributed by atoms with E-state index in [4.69, 9.17) is 14.2 Å². The second-order valence-electron chi connectivity index (χ2n) is 18.8. The molecular weight excluding hydrogens is 805 g/mol. The normalized spacial score (nSPS) is 12.4. The molecule has 0 aromatic carbocycles. The molecule has 0 radical (unpaired) electrons. The van der Waals surface area contributed by atoms with Crippen LogP contribution in [-0.2, 0) is 28.6 Å². The minimum absolute atomic E-state index is 0.0799. The standard InChI is InChI=1S/C59H106O6/c1-4-7-10-13-16-19-22-25-28-30-32-34-37-40-43-46-49-52-58(61)64-55-56(54-63-57(60)51-48-45-42-39-36-33-27-24-21-18-15-12-9-6-3)65-59(62)53-50-47-44-41-38-35-31-29-26-23-20-17-14-11-8-5-2/h9,12,18,21,25,28-29,31,56H,4-8,10-11,13-17,19-20,22-24,26-27,30,32-55H2,1-3H3/b12-9-,21-18-,28-25-,31-29-. The number of carbonyl (C=O) groups excluding carboxylic acids is 3. The largest absolute Gasteiger partial charge is 0.462 e. The lowest BCUT2D eigenvalue weighted by atomic mass is 10.1. The monoisotopic (exact) mass is 911 g/mol. The third kappa shape index (κ3) is 52.2. The topological polar surface area (TPSA) is 78.9 Å². The van der Waals surface area contributed by atoms with Gasteiger partial charge in [0.05, 0.1) is 0 Å². The molecule has 1 unspecified atom stereocenters. The number of esters is 3. The molecule has 0 aromatic heterocycles. The number of ether oxygens (including phenoxy) is 3. The van der Waals surface area contributed by atoms with Crippen LogP contribution in [-0.4, -0.2) is 37.2 Å². The SMILES string of the molecule is CC/C=C\C/C=C\CCCCCCCCCC(=O)OCC(COC(=O)CCCCCCCCC/C=C\CCCCCCCC)OC(=O)CCCCCCC/C=C\CCCCCCCCC. The lowest BCUT2D eigenvalue weighted by Crippen LogP contribution is -2.30. The van der Waals surface area contributed by atoms with Gasteiger partial charge in [0.25, 0.3) is 0 Å². The van der Waals surface area contributed by atoms with Gasteiger partial charge >= 0.3 is 17.9 Å². The maximum atomic E-state index is 12.8. The van der Waals surface area contributed by atoms with Gasteiger partial charge in [-0.1, -0.05) is 223 Å². The van der Waals surface area contributed by atoms with Crippen LogP contribution in [0.1, 0.15) is 290 Å². The highest BCUT2D eigenvalue weighted by Gasteiger charge is 2.19. The van der Waals surface area contributed by atoms with Crippen LogP contribution < -0.4 is 0 Å².